The van der Waals surface area contributed by atoms with Gasteiger partial charge in [-0.25, -0.2) is 4.79 Å². The largest absolute Gasteiger partial charge is 0.457 e. The minimum Gasteiger partial charge on any atom is -0.457 e. The second kappa shape index (κ2) is 12.8. The zero-order valence-electron chi connectivity index (χ0n) is 24.4. The normalized spacial score (nSPS) is 16.8. The Balaban J connectivity index is 1.26. The van der Waals surface area contributed by atoms with Gasteiger partial charge < -0.3 is 20.3 Å². The monoisotopic (exact) mass is 587 g/mol. The second-order valence-electron chi connectivity index (χ2n) is 10.8. The summed E-state index contributed by atoms with van der Waals surface area (Å²) >= 11 is 0. The van der Waals surface area contributed by atoms with E-state index in [1.165, 1.54) is 4.90 Å². The minimum absolute atomic E-state index is 0.139. The fraction of sp³-hybridized carbons (Fsp3) is 0.200. The third kappa shape index (κ3) is 6.17. The Labute approximate surface area is 256 Å². The first-order valence-corrected chi connectivity index (χ1v) is 14.6. The molecule has 44 heavy (non-hydrogen) atoms. The molecule has 9 heteroatoms. The number of carbonyl (C=O) groups excluding carboxylic acids is 3. The number of para-hydroxylation sites is 1. The minimum atomic E-state index is -0.781. The molecule has 0 fully saturated rings. The first kappa shape index (κ1) is 28.7. The van der Waals surface area contributed by atoms with Crippen LogP contribution < -0.4 is 15.4 Å². The van der Waals surface area contributed by atoms with Crippen LogP contribution in [-0.4, -0.2) is 58.8 Å². The van der Waals surface area contributed by atoms with Crippen LogP contribution in [0.2, 0.25) is 0 Å². The average molecular weight is 588 g/mol. The van der Waals surface area contributed by atoms with E-state index in [4.69, 9.17) is 4.74 Å². The highest BCUT2D eigenvalue weighted by Gasteiger charge is 2.46. The van der Waals surface area contributed by atoms with Gasteiger partial charge in [0.1, 0.15) is 17.5 Å². The van der Waals surface area contributed by atoms with Crippen molar-refractivity contribution in [2.75, 3.05) is 20.1 Å². The molecular weight excluding hydrogens is 554 g/mol. The highest BCUT2D eigenvalue weighted by molar-refractivity contribution is 6.03. The molecule has 222 valence electrons. The first-order chi connectivity index (χ1) is 21.5. The van der Waals surface area contributed by atoms with E-state index in [0.29, 0.717) is 47.7 Å². The zero-order chi connectivity index (χ0) is 30.5. The van der Waals surface area contributed by atoms with Gasteiger partial charge in [-0.15, -0.1) is 0 Å². The molecule has 4 aromatic rings. The van der Waals surface area contributed by atoms with Crippen LogP contribution in [0.5, 0.6) is 11.5 Å². The molecule has 6 rings (SSSR count). The van der Waals surface area contributed by atoms with Crippen LogP contribution in [0.15, 0.2) is 121 Å². The Morgan fingerprint density at radius 1 is 0.955 bits per heavy atom. The number of likely N-dealkylation sites (N-methyl/N-ethyl adjacent to an activating group) is 1. The molecule has 2 N–H and O–H groups in total. The van der Waals surface area contributed by atoms with E-state index >= 15 is 0 Å². The number of urea groups is 1. The van der Waals surface area contributed by atoms with Crippen LogP contribution in [0.25, 0.3) is 0 Å². The van der Waals surface area contributed by atoms with Gasteiger partial charge in [-0.05, 0) is 47.5 Å². The van der Waals surface area contributed by atoms with Crippen LogP contribution in [0, 0.1) is 0 Å². The third-order valence-corrected chi connectivity index (χ3v) is 7.92. The Hall–Kier alpha value is -5.44. The molecule has 2 atom stereocenters. The van der Waals surface area contributed by atoms with Crippen LogP contribution in [0.4, 0.5) is 4.79 Å². The second-order valence-corrected chi connectivity index (χ2v) is 10.8. The molecule has 3 heterocycles. The van der Waals surface area contributed by atoms with Crippen LogP contribution in [-0.2, 0) is 22.4 Å². The van der Waals surface area contributed by atoms with Crippen molar-refractivity contribution in [2.24, 2.45) is 0 Å². The summed E-state index contributed by atoms with van der Waals surface area (Å²) in [6.45, 7) is 0.521. The quantitative estimate of drug-likeness (QED) is 0.282. The van der Waals surface area contributed by atoms with E-state index in [9.17, 15) is 14.4 Å². The first-order valence-electron chi connectivity index (χ1n) is 14.6. The molecule has 4 amide bonds. The predicted molar refractivity (Wildman–Crippen MR) is 166 cm³/mol. The maximum Gasteiger partial charge on any atom is 0.322 e. The topological polar surface area (TPSA) is 104 Å². The van der Waals surface area contributed by atoms with Crippen LogP contribution >= 0.6 is 0 Å². The lowest BCUT2D eigenvalue weighted by Gasteiger charge is -2.31. The SMILES string of the molecule is CN1C(=O)NC(c2cccc(Oc3ccccc3)c2)C2=C1CN(C(Cc1ccccc1)C(=O)NCCc1ccccn1)C2=O. The number of amides is 4. The Morgan fingerprint density at radius 2 is 1.68 bits per heavy atom. The Kier molecular flexibility index (Phi) is 8.36. The lowest BCUT2D eigenvalue weighted by Crippen LogP contribution is -2.50. The van der Waals surface area contributed by atoms with Gasteiger partial charge in [-0.1, -0.05) is 66.7 Å². The summed E-state index contributed by atoms with van der Waals surface area (Å²) in [6.07, 6.45) is 2.62. The number of carbonyl (C=O) groups is 3. The van der Waals surface area contributed by atoms with E-state index in [-0.39, 0.29) is 24.4 Å². The highest BCUT2D eigenvalue weighted by atomic mass is 16.5. The molecule has 0 bridgehead atoms. The molecule has 1 aromatic heterocycles. The summed E-state index contributed by atoms with van der Waals surface area (Å²) < 4.78 is 6.03. The maximum atomic E-state index is 14.3. The molecule has 3 aromatic carbocycles. The van der Waals surface area contributed by atoms with E-state index in [0.717, 1.165) is 11.3 Å². The molecule has 0 aliphatic carbocycles. The van der Waals surface area contributed by atoms with Crippen molar-refractivity contribution in [3.63, 3.8) is 0 Å². The number of benzene rings is 3. The van der Waals surface area contributed by atoms with Gasteiger partial charge in [-0.3, -0.25) is 19.5 Å². The summed E-state index contributed by atoms with van der Waals surface area (Å²) in [6, 6.07) is 30.3. The highest BCUT2D eigenvalue weighted by Crippen LogP contribution is 2.38. The van der Waals surface area contributed by atoms with Crippen molar-refractivity contribution in [3.05, 3.63) is 137 Å². The van der Waals surface area contributed by atoms with Crippen LogP contribution in [0.3, 0.4) is 0 Å². The number of ether oxygens (including phenoxy) is 1. The van der Waals surface area contributed by atoms with E-state index in [1.54, 1.807) is 18.1 Å². The van der Waals surface area contributed by atoms with Crippen LogP contribution in [0.1, 0.15) is 22.9 Å². The van der Waals surface area contributed by atoms with Gasteiger partial charge in [0.2, 0.25) is 5.91 Å². The van der Waals surface area contributed by atoms with Gasteiger partial charge in [-0.2, -0.15) is 0 Å². The number of nitrogens with zero attached hydrogens (tertiary/aromatic N) is 3. The molecule has 2 aliphatic heterocycles. The molecule has 9 nitrogen and oxygen atoms in total. The molecule has 2 unspecified atom stereocenters. The molecule has 0 saturated heterocycles. The van der Waals surface area contributed by atoms with Crippen molar-refractivity contribution >= 4 is 17.8 Å². The lowest BCUT2D eigenvalue weighted by atomic mass is 9.95. The van der Waals surface area contributed by atoms with Crippen molar-refractivity contribution in [1.29, 1.82) is 0 Å². The average Bonchev–Trinajstić information content (AvgIpc) is 3.40. The number of pyridine rings is 1. The summed E-state index contributed by atoms with van der Waals surface area (Å²) in [5, 5.41) is 6.00. The smallest absolute Gasteiger partial charge is 0.322 e. The van der Waals surface area contributed by atoms with Gasteiger partial charge in [0.15, 0.2) is 0 Å². The van der Waals surface area contributed by atoms with Gasteiger partial charge in [0.05, 0.1) is 23.9 Å². The Morgan fingerprint density at radius 3 is 2.43 bits per heavy atom. The number of nitrogens with one attached hydrogen (secondary N) is 2. The number of hydrogen-bond donors (Lipinski definition) is 2. The zero-order valence-corrected chi connectivity index (χ0v) is 24.4. The number of aromatic nitrogens is 1. The molecular formula is C35H33N5O4. The fourth-order valence-electron chi connectivity index (χ4n) is 5.63. The Bertz CT molecular complexity index is 1680. The predicted octanol–water partition coefficient (Wildman–Crippen LogP) is 4.64. The van der Waals surface area contributed by atoms with Gasteiger partial charge in [0, 0.05) is 38.3 Å². The summed E-state index contributed by atoms with van der Waals surface area (Å²) in [4.78, 5) is 48.5. The van der Waals surface area contributed by atoms with Gasteiger partial charge >= 0.3 is 6.03 Å². The molecule has 0 radical (unpaired) electrons. The van der Waals surface area contributed by atoms with Gasteiger partial charge in [0.25, 0.3) is 5.91 Å². The number of hydrogen-bond acceptors (Lipinski definition) is 5. The molecule has 2 aliphatic rings. The van der Waals surface area contributed by atoms with Crippen molar-refractivity contribution < 1.29 is 19.1 Å². The van der Waals surface area contributed by atoms with Crippen molar-refractivity contribution in [1.82, 2.24) is 25.4 Å². The molecule has 0 saturated carbocycles. The van der Waals surface area contributed by atoms with Crippen molar-refractivity contribution in [2.45, 2.75) is 24.9 Å². The summed E-state index contributed by atoms with van der Waals surface area (Å²) in [5.74, 6) is 0.722. The standard InChI is InChI=1S/C35H33N5O4/c1-39-30-23-40(29(21-24-11-4-2-5-12-24)33(41)37-20-18-26-14-8-9-19-36-26)34(42)31(30)32(38-35(39)43)25-13-10-17-28(22-25)44-27-15-6-3-7-16-27/h2-17,19,22,29,32H,18,20-21,23H2,1H3,(H,37,41)(H,38,43). The summed E-state index contributed by atoms with van der Waals surface area (Å²) in [7, 11) is 1.64. The third-order valence-electron chi connectivity index (χ3n) is 7.92. The van der Waals surface area contributed by atoms with Crippen molar-refractivity contribution in [3.8, 4) is 11.5 Å². The van der Waals surface area contributed by atoms with E-state index in [1.807, 2.05) is 103 Å². The van der Waals surface area contributed by atoms with E-state index < -0.39 is 12.1 Å². The maximum absolute atomic E-state index is 14.3. The molecule has 0 spiro atoms. The fourth-order valence-corrected chi connectivity index (χ4v) is 5.63. The summed E-state index contributed by atoms with van der Waals surface area (Å²) in [5.41, 5.74) is 3.54. The number of rotatable bonds is 10. The van der Waals surface area contributed by atoms with E-state index in [2.05, 4.69) is 15.6 Å². The lowest BCUT2D eigenvalue weighted by molar-refractivity contribution is -0.136.